The molecule has 4 bridgehead atoms. The fraction of sp³-hybridized carbons (Fsp3) is 0.200. The first-order valence-corrected chi connectivity index (χ1v) is 18.2. The van der Waals surface area contributed by atoms with Crippen molar-refractivity contribution in [3.05, 3.63) is 165 Å². The molecule has 2 unspecified atom stereocenters. The number of hydrogen-bond acceptors (Lipinski definition) is 0. The SMILES string of the molecule is CC1=C(C2=C(C)[C@]3(C)CP2C(c2ccccc2)=C3c2ccccc2)P2C[C@]1(C)C(c1ccccc1)=C2c1ccccc1. The van der Waals surface area contributed by atoms with Crippen LogP contribution < -0.4 is 0 Å². The van der Waals surface area contributed by atoms with E-state index in [1.807, 2.05) is 0 Å². The molecule has 0 saturated heterocycles. The standard InChI is InChI=1S/C40H36P2/c1-27-35(41-25-39(27,3)33(29-17-9-5-10-18-29)37(41)31-21-13-7-14-22-31)36-28(2)40(4)26-42(36)38(32-23-15-8-16-24-32)34(40)30-19-11-6-12-20-30/h5-24H,25-26H2,1-4H3/t39-,40-,41?,42?/m0/s1. The minimum atomic E-state index is -0.456. The molecule has 0 nitrogen and oxygen atoms in total. The normalized spacial score (nSPS) is 28.1. The monoisotopic (exact) mass is 578 g/mol. The molecule has 4 atom stereocenters. The van der Waals surface area contributed by atoms with E-state index in [4.69, 9.17) is 0 Å². The smallest absolute Gasteiger partial charge is 0.0198 e. The van der Waals surface area contributed by atoms with Crippen molar-refractivity contribution in [3.63, 3.8) is 0 Å². The molecule has 2 heteroatoms. The van der Waals surface area contributed by atoms with Gasteiger partial charge in [0.1, 0.15) is 0 Å². The summed E-state index contributed by atoms with van der Waals surface area (Å²) in [5.74, 6) is 0. The predicted molar refractivity (Wildman–Crippen MR) is 185 cm³/mol. The summed E-state index contributed by atoms with van der Waals surface area (Å²) in [6, 6.07) is 45.1. The zero-order chi connectivity index (χ0) is 28.6. The molecule has 4 aromatic rings. The van der Waals surface area contributed by atoms with Crippen LogP contribution in [0.5, 0.6) is 0 Å². The molecule has 4 heterocycles. The van der Waals surface area contributed by atoms with Gasteiger partial charge in [-0.3, -0.25) is 0 Å². The lowest BCUT2D eigenvalue weighted by Gasteiger charge is -2.36. The van der Waals surface area contributed by atoms with Gasteiger partial charge in [-0.25, -0.2) is 0 Å². The second-order valence-electron chi connectivity index (χ2n) is 12.7. The van der Waals surface area contributed by atoms with Crippen molar-refractivity contribution in [3.8, 4) is 0 Å². The molecule has 0 spiro atoms. The molecule has 0 radical (unpaired) electrons. The predicted octanol–water partition coefficient (Wildman–Crippen LogP) is 11.7. The van der Waals surface area contributed by atoms with Crippen LogP contribution >= 0.6 is 15.8 Å². The van der Waals surface area contributed by atoms with E-state index < -0.39 is 15.8 Å². The highest BCUT2D eigenvalue weighted by molar-refractivity contribution is 7.79. The Morgan fingerprint density at radius 1 is 0.405 bits per heavy atom. The summed E-state index contributed by atoms with van der Waals surface area (Å²) in [5.41, 5.74) is 12.2. The van der Waals surface area contributed by atoms with Crippen LogP contribution in [0.1, 0.15) is 49.9 Å². The first-order valence-electron chi connectivity index (χ1n) is 15.1. The van der Waals surface area contributed by atoms with Gasteiger partial charge in [0, 0.05) is 10.8 Å². The Bertz CT molecular complexity index is 1710. The maximum Gasteiger partial charge on any atom is 0.0198 e. The summed E-state index contributed by atoms with van der Waals surface area (Å²) in [4.78, 5) is 0. The van der Waals surface area contributed by atoms with E-state index in [2.05, 4.69) is 149 Å². The van der Waals surface area contributed by atoms with Gasteiger partial charge in [0.25, 0.3) is 0 Å². The Hall–Kier alpha value is -3.30. The molecule has 0 amide bonds. The van der Waals surface area contributed by atoms with E-state index in [-0.39, 0.29) is 10.8 Å². The summed E-state index contributed by atoms with van der Waals surface area (Å²) in [6.45, 7) is 10.1. The Balaban J connectivity index is 1.34. The van der Waals surface area contributed by atoms with Crippen LogP contribution in [0, 0.1) is 10.8 Å². The molecule has 0 aliphatic carbocycles. The second-order valence-corrected chi connectivity index (χ2v) is 16.8. The van der Waals surface area contributed by atoms with Crippen molar-refractivity contribution in [2.24, 2.45) is 10.8 Å². The number of allylic oxidation sites excluding steroid dienone is 6. The van der Waals surface area contributed by atoms with Crippen molar-refractivity contribution >= 4 is 37.6 Å². The van der Waals surface area contributed by atoms with Crippen LogP contribution in [0.4, 0.5) is 0 Å². The van der Waals surface area contributed by atoms with E-state index in [9.17, 15) is 0 Å². The fourth-order valence-electron chi connectivity index (χ4n) is 8.19. The first kappa shape index (κ1) is 26.3. The van der Waals surface area contributed by atoms with E-state index in [1.54, 1.807) is 43.5 Å². The largest absolute Gasteiger partial charge is 0.0622 e. The van der Waals surface area contributed by atoms with Crippen molar-refractivity contribution in [2.45, 2.75) is 27.7 Å². The summed E-state index contributed by atoms with van der Waals surface area (Å²) < 4.78 is 0. The van der Waals surface area contributed by atoms with Crippen molar-refractivity contribution in [2.75, 3.05) is 12.3 Å². The molecular formula is C40H36P2. The minimum Gasteiger partial charge on any atom is -0.0622 e. The van der Waals surface area contributed by atoms with E-state index >= 15 is 0 Å². The lowest BCUT2D eigenvalue weighted by molar-refractivity contribution is 0.623. The Kier molecular flexibility index (Phi) is 6.02. The van der Waals surface area contributed by atoms with E-state index in [0.717, 1.165) is 0 Å². The summed E-state index contributed by atoms with van der Waals surface area (Å²) in [7, 11) is -0.912. The summed E-state index contributed by atoms with van der Waals surface area (Å²) in [6.07, 6.45) is 2.48. The van der Waals surface area contributed by atoms with Crippen LogP contribution in [0.2, 0.25) is 0 Å². The molecule has 0 fully saturated rings. The van der Waals surface area contributed by atoms with Crippen LogP contribution in [0.25, 0.3) is 21.8 Å². The van der Waals surface area contributed by atoms with Gasteiger partial charge < -0.3 is 0 Å². The van der Waals surface area contributed by atoms with Crippen LogP contribution in [-0.4, -0.2) is 12.3 Å². The molecule has 4 aliphatic heterocycles. The van der Waals surface area contributed by atoms with Crippen LogP contribution in [0.3, 0.4) is 0 Å². The average Bonchev–Trinajstić information content (AvgIpc) is 3.69. The van der Waals surface area contributed by atoms with Gasteiger partial charge in [-0.1, -0.05) is 146 Å². The molecule has 42 heavy (non-hydrogen) atoms. The number of benzene rings is 4. The second kappa shape index (κ2) is 9.61. The van der Waals surface area contributed by atoms with Crippen molar-refractivity contribution in [1.82, 2.24) is 0 Å². The third-order valence-corrected chi connectivity index (χ3v) is 16.7. The Morgan fingerprint density at radius 3 is 1.00 bits per heavy atom. The van der Waals surface area contributed by atoms with Crippen molar-refractivity contribution < 1.29 is 0 Å². The molecule has 8 rings (SSSR count). The summed E-state index contributed by atoms with van der Waals surface area (Å²) in [5, 5.41) is 6.72. The number of hydrogen-bond donors (Lipinski definition) is 0. The lowest BCUT2D eigenvalue weighted by Crippen LogP contribution is -2.20. The van der Waals surface area contributed by atoms with E-state index in [0.29, 0.717) is 0 Å². The van der Waals surface area contributed by atoms with Crippen LogP contribution in [-0.2, 0) is 0 Å². The van der Waals surface area contributed by atoms with E-state index in [1.165, 1.54) is 34.6 Å². The van der Waals surface area contributed by atoms with Gasteiger partial charge in [0.05, 0.1) is 0 Å². The first-order chi connectivity index (χ1) is 20.4. The minimum absolute atomic E-state index is 0.0684. The fourth-order valence-corrected chi connectivity index (χ4v) is 16.4. The molecular weight excluding hydrogens is 542 g/mol. The highest BCUT2D eigenvalue weighted by Crippen LogP contribution is 2.87. The highest BCUT2D eigenvalue weighted by atomic mass is 31.1. The number of fused-ring (bicyclic) bond motifs is 4. The maximum absolute atomic E-state index is 2.55. The maximum atomic E-state index is 2.55. The molecule has 0 saturated carbocycles. The third kappa shape index (κ3) is 3.56. The average molecular weight is 579 g/mol. The zero-order valence-corrected chi connectivity index (χ0v) is 26.6. The molecule has 206 valence electrons. The Labute approximate surface area is 253 Å². The van der Waals surface area contributed by atoms with Gasteiger partial charge in [0.2, 0.25) is 0 Å². The topological polar surface area (TPSA) is 0 Å². The van der Waals surface area contributed by atoms with Gasteiger partial charge >= 0.3 is 0 Å². The van der Waals surface area contributed by atoms with Gasteiger partial charge in [-0.15, -0.1) is 0 Å². The van der Waals surface area contributed by atoms with Crippen molar-refractivity contribution in [1.29, 1.82) is 0 Å². The van der Waals surface area contributed by atoms with Gasteiger partial charge in [-0.2, -0.15) is 0 Å². The molecule has 4 aliphatic rings. The molecule has 0 N–H and O–H groups in total. The number of rotatable bonds is 5. The third-order valence-electron chi connectivity index (χ3n) is 10.4. The van der Waals surface area contributed by atoms with Gasteiger partial charge in [0.15, 0.2) is 0 Å². The highest BCUT2D eigenvalue weighted by Gasteiger charge is 2.58. The molecule has 4 aromatic carbocycles. The summed E-state index contributed by atoms with van der Waals surface area (Å²) >= 11 is 0. The van der Waals surface area contributed by atoms with Gasteiger partial charge in [-0.05, 0) is 96.7 Å². The van der Waals surface area contributed by atoms with Crippen LogP contribution in [0.15, 0.2) is 143 Å². The lowest BCUT2D eigenvalue weighted by atomic mass is 9.72. The Morgan fingerprint density at radius 2 is 0.690 bits per heavy atom. The zero-order valence-electron chi connectivity index (χ0n) is 24.9. The quantitative estimate of drug-likeness (QED) is 0.207. The molecule has 0 aromatic heterocycles.